The van der Waals surface area contributed by atoms with Gasteiger partial charge in [-0.3, -0.25) is 9.78 Å². The van der Waals surface area contributed by atoms with Crippen molar-refractivity contribution in [3.63, 3.8) is 0 Å². The minimum Gasteiger partial charge on any atom is -0.478 e. The molecule has 102 valence electrons. The standard InChI is InChI=1S/C14H13N3O3/c1-17(13(18)11-4-2-3-7-16-11)12-6-5-9(15)8-10(12)14(19)20/h2-8H,15H2,1H3,(H,19,20). The number of benzene rings is 1. The summed E-state index contributed by atoms with van der Waals surface area (Å²) in [4.78, 5) is 28.7. The highest BCUT2D eigenvalue weighted by Gasteiger charge is 2.20. The highest BCUT2D eigenvalue weighted by Crippen LogP contribution is 2.23. The molecular formula is C14H13N3O3. The third kappa shape index (κ3) is 2.59. The highest BCUT2D eigenvalue weighted by molar-refractivity contribution is 6.08. The number of nitrogens with zero attached hydrogens (tertiary/aromatic N) is 2. The van der Waals surface area contributed by atoms with Crippen LogP contribution >= 0.6 is 0 Å². The molecule has 0 aliphatic heterocycles. The van der Waals surface area contributed by atoms with Gasteiger partial charge in [0.25, 0.3) is 5.91 Å². The van der Waals surface area contributed by atoms with Crippen LogP contribution in [0, 0.1) is 0 Å². The summed E-state index contributed by atoms with van der Waals surface area (Å²) in [5.74, 6) is -1.54. The molecule has 0 saturated carbocycles. The van der Waals surface area contributed by atoms with Gasteiger partial charge >= 0.3 is 5.97 Å². The first-order valence-electron chi connectivity index (χ1n) is 5.82. The molecule has 6 heteroatoms. The Hall–Kier alpha value is -2.89. The number of carbonyl (C=O) groups is 2. The van der Waals surface area contributed by atoms with E-state index in [1.54, 1.807) is 24.3 Å². The fraction of sp³-hybridized carbons (Fsp3) is 0.0714. The van der Waals surface area contributed by atoms with E-state index < -0.39 is 11.9 Å². The van der Waals surface area contributed by atoms with Crippen LogP contribution in [0.5, 0.6) is 0 Å². The summed E-state index contributed by atoms with van der Waals surface area (Å²) in [5, 5.41) is 9.18. The first kappa shape index (κ1) is 13.5. The van der Waals surface area contributed by atoms with Crippen molar-refractivity contribution in [2.75, 3.05) is 17.7 Å². The quantitative estimate of drug-likeness (QED) is 0.827. The number of carboxylic acid groups (broad SMARTS) is 1. The van der Waals surface area contributed by atoms with Gasteiger partial charge in [0.2, 0.25) is 0 Å². The molecule has 3 N–H and O–H groups in total. The number of nitrogens with two attached hydrogens (primary N) is 1. The van der Waals surface area contributed by atoms with Crippen LogP contribution in [-0.4, -0.2) is 29.0 Å². The minimum atomic E-state index is -1.15. The van der Waals surface area contributed by atoms with Gasteiger partial charge in [-0.15, -0.1) is 0 Å². The number of anilines is 2. The van der Waals surface area contributed by atoms with Crippen molar-refractivity contribution in [1.29, 1.82) is 0 Å². The lowest BCUT2D eigenvalue weighted by molar-refractivity contribution is 0.0698. The van der Waals surface area contributed by atoms with Gasteiger partial charge in [0.05, 0.1) is 11.3 Å². The summed E-state index contributed by atoms with van der Waals surface area (Å²) in [6, 6.07) is 9.32. The molecule has 0 spiro atoms. The lowest BCUT2D eigenvalue weighted by Gasteiger charge is -2.19. The van der Waals surface area contributed by atoms with Crippen molar-refractivity contribution in [1.82, 2.24) is 4.98 Å². The smallest absolute Gasteiger partial charge is 0.337 e. The average molecular weight is 271 g/mol. The zero-order valence-electron chi connectivity index (χ0n) is 10.8. The lowest BCUT2D eigenvalue weighted by atomic mass is 10.1. The van der Waals surface area contributed by atoms with Crippen LogP contribution in [0.15, 0.2) is 42.6 Å². The first-order chi connectivity index (χ1) is 9.50. The van der Waals surface area contributed by atoms with Gasteiger partial charge < -0.3 is 15.7 Å². The Bertz CT molecular complexity index is 656. The van der Waals surface area contributed by atoms with Crippen molar-refractivity contribution in [2.45, 2.75) is 0 Å². The maximum absolute atomic E-state index is 12.2. The molecule has 2 aromatic rings. The Balaban J connectivity index is 2.41. The second-order valence-electron chi connectivity index (χ2n) is 4.16. The van der Waals surface area contributed by atoms with Crippen LogP contribution in [0.4, 0.5) is 11.4 Å². The summed E-state index contributed by atoms with van der Waals surface area (Å²) in [6.07, 6.45) is 1.50. The fourth-order valence-electron chi connectivity index (χ4n) is 1.79. The van der Waals surface area contributed by atoms with Gasteiger partial charge in [0.1, 0.15) is 5.69 Å². The van der Waals surface area contributed by atoms with Crippen molar-refractivity contribution in [2.24, 2.45) is 0 Å². The second-order valence-corrected chi connectivity index (χ2v) is 4.16. The Morgan fingerprint density at radius 2 is 2.00 bits per heavy atom. The number of rotatable bonds is 3. The van der Waals surface area contributed by atoms with Gasteiger partial charge in [-0.05, 0) is 30.3 Å². The van der Waals surface area contributed by atoms with Crippen molar-refractivity contribution >= 4 is 23.3 Å². The van der Waals surface area contributed by atoms with Gasteiger partial charge in [0.15, 0.2) is 0 Å². The summed E-state index contributed by atoms with van der Waals surface area (Å²) in [7, 11) is 1.50. The molecule has 0 radical (unpaired) electrons. The summed E-state index contributed by atoms with van der Waals surface area (Å²) >= 11 is 0. The molecule has 0 aliphatic rings. The second kappa shape index (κ2) is 5.40. The number of amides is 1. The molecule has 0 atom stereocenters. The zero-order chi connectivity index (χ0) is 14.7. The fourth-order valence-corrected chi connectivity index (χ4v) is 1.79. The van der Waals surface area contributed by atoms with Crippen LogP contribution in [0.3, 0.4) is 0 Å². The topological polar surface area (TPSA) is 96.5 Å². The highest BCUT2D eigenvalue weighted by atomic mass is 16.4. The Kier molecular flexibility index (Phi) is 3.65. The van der Waals surface area contributed by atoms with Crippen LogP contribution in [0.1, 0.15) is 20.8 Å². The molecule has 2 rings (SSSR count). The number of carboxylic acids is 1. The largest absolute Gasteiger partial charge is 0.478 e. The van der Waals surface area contributed by atoms with Crippen LogP contribution in [0.25, 0.3) is 0 Å². The van der Waals surface area contributed by atoms with E-state index in [4.69, 9.17) is 5.73 Å². The number of hydrogen-bond acceptors (Lipinski definition) is 4. The van der Waals surface area contributed by atoms with E-state index in [0.717, 1.165) is 0 Å². The monoisotopic (exact) mass is 271 g/mol. The number of pyridine rings is 1. The van der Waals surface area contributed by atoms with Crippen LogP contribution in [-0.2, 0) is 0 Å². The Morgan fingerprint density at radius 1 is 1.25 bits per heavy atom. The minimum absolute atomic E-state index is 0.0308. The molecule has 0 fully saturated rings. The average Bonchev–Trinajstić information content (AvgIpc) is 2.46. The summed E-state index contributed by atoms with van der Waals surface area (Å²) in [6.45, 7) is 0. The van der Waals surface area contributed by atoms with Crippen LogP contribution < -0.4 is 10.6 Å². The molecule has 1 amide bonds. The molecule has 1 aromatic heterocycles. The molecule has 0 saturated heterocycles. The van der Waals surface area contributed by atoms with E-state index in [-0.39, 0.29) is 16.9 Å². The molecule has 20 heavy (non-hydrogen) atoms. The molecule has 1 heterocycles. The van der Waals surface area contributed by atoms with Gasteiger partial charge in [-0.25, -0.2) is 4.79 Å². The SMILES string of the molecule is CN(C(=O)c1ccccn1)c1ccc(N)cc1C(=O)O. The number of aromatic nitrogens is 1. The Labute approximate surface area is 115 Å². The molecule has 0 unspecified atom stereocenters. The van der Waals surface area contributed by atoms with Crippen molar-refractivity contribution in [3.05, 3.63) is 53.9 Å². The molecule has 0 aliphatic carbocycles. The van der Waals surface area contributed by atoms with Gasteiger partial charge in [-0.1, -0.05) is 6.07 Å². The van der Waals surface area contributed by atoms with E-state index in [9.17, 15) is 14.7 Å². The number of hydrogen-bond donors (Lipinski definition) is 2. The van der Waals surface area contributed by atoms with E-state index in [0.29, 0.717) is 5.69 Å². The summed E-state index contributed by atoms with van der Waals surface area (Å²) in [5.41, 5.74) is 6.37. The van der Waals surface area contributed by atoms with Gasteiger partial charge in [-0.2, -0.15) is 0 Å². The normalized spacial score (nSPS) is 10.1. The number of aromatic carboxylic acids is 1. The van der Waals surface area contributed by atoms with Crippen molar-refractivity contribution in [3.8, 4) is 0 Å². The molecule has 0 bridgehead atoms. The van der Waals surface area contributed by atoms with Gasteiger partial charge in [0, 0.05) is 18.9 Å². The van der Waals surface area contributed by atoms with Crippen LogP contribution in [0.2, 0.25) is 0 Å². The van der Waals surface area contributed by atoms with E-state index >= 15 is 0 Å². The van der Waals surface area contributed by atoms with E-state index in [1.165, 1.54) is 30.3 Å². The van der Waals surface area contributed by atoms with E-state index in [2.05, 4.69) is 4.98 Å². The van der Waals surface area contributed by atoms with Crippen molar-refractivity contribution < 1.29 is 14.7 Å². The zero-order valence-corrected chi connectivity index (χ0v) is 10.8. The summed E-state index contributed by atoms with van der Waals surface area (Å²) < 4.78 is 0. The molecule has 6 nitrogen and oxygen atoms in total. The predicted molar refractivity (Wildman–Crippen MR) is 74.8 cm³/mol. The number of nitrogen functional groups attached to an aromatic ring is 1. The maximum atomic E-state index is 12.2. The number of carbonyl (C=O) groups excluding carboxylic acids is 1. The predicted octanol–water partition coefficient (Wildman–Crippen LogP) is 1.64. The molecule has 1 aromatic carbocycles. The lowest BCUT2D eigenvalue weighted by Crippen LogP contribution is -2.28. The maximum Gasteiger partial charge on any atom is 0.337 e. The van der Waals surface area contributed by atoms with E-state index in [1.807, 2.05) is 0 Å². The first-order valence-corrected chi connectivity index (χ1v) is 5.82. The third-order valence-electron chi connectivity index (χ3n) is 2.80. The molecular weight excluding hydrogens is 258 g/mol. The third-order valence-corrected chi connectivity index (χ3v) is 2.80. The Morgan fingerprint density at radius 3 is 2.60 bits per heavy atom.